The zero-order chi connectivity index (χ0) is 18.9. The molecule has 2 atom stereocenters. The lowest BCUT2D eigenvalue weighted by Crippen LogP contribution is -2.47. The molecule has 0 radical (unpaired) electrons. The highest BCUT2D eigenvalue weighted by molar-refractivity contribution is 5.97. The Morgan fingerprint density at radius 1 is 1.27 bits per heavy atom. The number of nitrogens with one attached hydrogen (secondary N) is 1. The highest BCUT2D eigenvalue weighted by Crippen LogP contribution is 2.19. The molecule has 2 unspecified atom stereocenters. The molecule has 1 aromatic carbocycles. The van der Waals surface area contributed by atoms with Gasteiger partial charge < -0.3 is 20.1 Å². The second-order valence-electron chi connectivity index (χ2n) is 6.33. The van der Waals surface area contributed by atoms with Gasteiger partial charge in [-0.1, -0.05) is 25.1 Å². The molecule has 0 spiro atoms. The summed E-state index contributed by atoms with van der Waals surface area (Å²) >= 11 is 0. The molecule has 7 heteroatoms. The average Bonchev–Trinajstić information content (AvgIpc) is 2.70. The third-order valence-corrected chi connectivity index (χ3v) is 4.57. The third kappa shape index (κ3) is 5.29. The van der Waals surface area contributed by atoms with Gasteiger partial charge in [-0.25, -0.2) is 4.79 Å². The number of hydrogen-bond donors (Lipinski definition) is 2. The Labute approximate surface area is 153 Å². The van der Waals surface area contributed by atoms with E-state index in [-0.39, 0.29) is 18.6 Å². The van der Waals surface area contributed by atoms with E-state index in [1.165, 1.54) is 0 Å². The number of hydrogen-bond acceptors (Lipinski definition) is 5. The van der Waals surface area contributed by atoms with Crippen LogP contribution in [0.3, 0.4) is 0 Å². The van der Waals surface area contributed by atoms with Crippen molar-refractivity contribution in [2.75, 3.05) is 19.8 Å². The second kappa shape index (κ2) is 9.91. The topological polar surface area (TPSA) is 95.9 Å². The van der Waals surface area contributed by atoms with Gasteiger partial charge in [-0.2, -0.15) is 0 Å². The molecular weight excluding hydrogens is 336 g/mol. The number of ether oxygens (including phenoxy) is 1. The van der Waals surface area contributed by atoms with Gasteiger partial charge in [-0.3, -0.25) is 9.59 Å². The standard InChI is InChI=1S/C19H26N2O5/c1-2-15-10-6-7-11-21(15)17(23)13-26-19(25)16(12-22)20-18(24)14-8-4-3-5-9-14/h3-5,8-9,15-16,22H,2,6-7,10-13H2,1H3,(H,20,24). The van der Waals surface area contributed by atoms with Gasteiger partial charge in [0.25, 0.3) is 11.8 Å². The van der Waals surface area contributed by atoms with Crippen LogP contribution >= 0.6 is 0 Å². The van der Waals surface area contributed by atoms with Crippen LogP contribution in [0.2, 0.25) is 0 Å². The van der Waals surface area contributed by atoms with Gasteiger partial charge in [-0.15, -0.1) is 0 Å². The summed E-state index contributed by atoms with van der Waals surface area (Å²) in [7, 11) is 0. The Balaban J connectivity index is 1.86. The van der Waals surface area contributed by atoms with E-state index >= 15 is 0 Å². The molecule has 26 heavy (non-hydrogen) atoms. The molecule has 1 heterocycles. The van der Waals surface area contributed by atoms with E-state index in [0.29, 0.717) is 12.1 Å². The number of amides is 2. The monoisotopic (exact) mass is 362 g/mol. The van der Waals surface area contributed by atoms with Gasteiger partial charge >= 0.3 is 5.97 Å². The Hall–Kier alpha value is -2.41. The zero-order valence-electron chi connectivity index (χ0n) is 15.0. The maximum atomic E-state index is 12.3. The van der Waals surface area contributed by atoms with Gasteiger partial charge in [0, 0.05) is 18.2 Å². The minimum absolute atomic E-state index is 0.182. The van der Waals surface area contributed by atoms with E-state index in [1.807, 2.05) is 6.92 Å². The molecule has 1 aliphatic heterocycles. The van der Waals surface area contributed by atoms with Crippen molar-refractivity contribution >= 4 is 17.8 Å². The number of carbonyl (C=O) groups excluding carboxylic acids is 3. The van der Waals surface area contributed by atoms with Crippen LogP contribution < -0.4 is 5.32 Å². The molecule has 0 bridgehead atoms. The fourth-order valence-electron chi connectivity index (χ4n) is 3.08. The smallest absolute Gasteiger partial charge is 0.331 e. The van der Waals surface area contributed by atoms with Gasteiger partial charge in [-0.05, 0) is 37.8 Å². The zero-order valence-corrected chi connectivity index (χ0v) is 15.0. The highest BCUT2D eigenvalue weighted by atomic mass is 16.5. The van der Waals surface area contributed by atoms with Gasteiger partial charge in [0.15, 0.2) is 12.6 Å². The first-order valence-corrected chi connectivity index (χ1v) is 8.99. The Kier molecular flexibility index (Phi) is 7.59. The first kappa shape index (κ1) is 19.9. The summed E-state index contributed by atoms with van der Waals surface area (Å²) in [5.74, 6) is -1.55. The largest absolute Gasteiger partial charge is 0.454 e. The second-order valence-corrected chi connectivity index (χ2v) is 6.33. The molecule has 0 saturated carbocycles. The van der Waals surface area contributed by atoms with E-state index < -0.39 is 24.5 Å². The minimum atomic E-state index is -1.21. The molecule has 0 aliphatic carbocycles. The molecule has 1 aliphatic rings. The third-order valence-electron chi connectivity index (χ3n) is 4.57. The van der Waals surface area contributed by atoms with Crippen LogP contribution in [-0.4, -0.2) is 59.6 Å². The van der Waals surface area contributed by atoms with Crippen molar-refractivity contribution in [3.05, 3.63) is 35.9 Å². The normalized spacial score (nSPS) is 18.1. The van der Waals surface area contributed by atoms with Crippen LogP contribution in [0, 0.1) is 0 Å². The molecular formula is C19H26N2O5. The number of nitrogens with zero attached hydrogens (tertiary/aromatic N) is 1. The maximum Gasteiger partial charge on any atom is 0.331 e. The van der Waals surface area contributed by atoms with Gasteiger partial charge in [0.05, 0.1) is 6.61 Å². The molecule has 0 aromatic heterocycles. The maximum absolute atomic E-state index is 12.3. The number of rotatable bonds is 7. The van der Waals surface area contributed by atoms with E-state index in [2.05, 4.69) is 5.32 Å². The van der Waals surface area contributed by atoms with Crippen molar-refractivity contribution in [3.63, 3.8) is 0 Å². The number of esters is 1. The lowest BCUT2D eigenvalue weighted by atomic mass is 10.00. The SMILES string of the molecule is CCC1CCCCN1C(=O)COC(=O)C(CO)NC(=O)c1ccccc1. The summed E-state index contributed by atoms with van der Waals surface area (Å²) in [6.07, 6.45) is 3.87. The summed E-state index contributed by atoms with van der Waals surface area (Å²) in [6.45, 7) is 1.71. The molecule has 142 valence electrons. The van der Waals surface area contributed by atoms with Crippen molar-refractivity contribution in [3.8, 4) is 0 Å². The molecule has 2 amide bonds. The lowest BCUT2D eigenvalue weighted by Gasteiger charge is -2.35. The van der Waals surface area contributed by atoms with Crippen molar-refractivity contribution in [1.82, 2.24) is 10.2 Å². The highest BCUT2D eigenvalue weighted by Gasteiger charge is 2.28. The summed E-state index contributed by atoms with van der Waals surface area (Å²) in [6, 6.07) is 7.33. The molecule has 1 saturated heterocycles. The summed E-state index contributed by atoms with van der Waals surface area (Å²) in [4.78, 5) is 38.3. The number of aliphatic hydroxyl groups excluding tert-OH is 1. The number of carbonyl (C=O) groups is 3. The molecule has 2 N–H and O–H groups in total. The molecule has 2 rings (SSSR count). The molecule has 7 nitrogen and oxygen atoms in total. The van der Waals surface area contributed by atoms with Crippen LogP contribution in [0.4, 0.5) is 0 Å². The summed E-state index contributed by atoms with van der Waals surface area (Å²) in [5.41, 5.74) is 0.369. The van der Waals surface area contributed by atoms with E-state index in [4.69, 9.17) is 4.74 Å². The first-order chi connectivity index (χ1) is 12.6. The van der Waals surface area contributed by atoms with E-state index in [9.17, 15) is 19.5 Å². The van der Waals surface area contributed by atoms with Crippen molar-refractivity contribution < 1.29 is 24.2 Å². The van der Waals surface area contributed by atoms with Crippen molar-refractivity contribution in [2.24, 2.45) is 0 Å². The Morgan fingerprint density at radius 3 is 2.65 bits per heavy atom. The molecule has 1 aromatic rings. The van der Waals surface area contributed by atoms with E-state index in [1.54, 1.807) is 35.2 Å². The van der Waals surface area contributed by atoms with Gasteiger partial charge in [0.1, 0.15) is 0 Å². The van der Waals surface area contributed by atoms with Crippen LogP contribution in [0.1, 0.15) is 43.0 Å². The average molecular weight is 362 g/mol. The predicted molar refractivity (Wildman–Crippen MR) is 95.4 cm³/mol. The number of piperidine rings is 1. The van der Waals surface area contributed by atoms with Gasteiger partial charge in [0.2, 0.25) is 0 Å². The summed E-state index contributed by atoms with van der Waals surface area (Å²) < 4.78 is 5.03. The fraction of sp³-hybridized carbons (Fsp3) is 0.526. The Morgan fingerprint density at radius 2 is 2.00 bits per heavy atom. The number of likely N-dealkylation sites (tertiary alicyclic amines) is 1. The lowest BCUT2D eigenvalue weighted by molar-refractivity contribution is -0.155. The van der Waals surface area contributed by atoms with Crippen molar-refractivity contribution in [2.45, 2.75) is 44.7 Å². The van der Waals surface area contributed by atoms with Crippen LogP contribution in [0.25, 0.3) is 0 Å². The minimum Gasteiger partial charge on any atom is -0.454 e. The van der Waals surface area contributed by atoms with Crippen molar-refractivity contribution in [1.29, 1.82) is 0 Å². The van der Waals surface area contributed by atoms with Crippen LogP contribution in [-0.2, 0) is 14.3 Å². The first-order valence-electron chi connectivity index (χ1n) is 8.99. The van der Waals surface area contributed by atoms with Crippen LogP contribution in [0.15, 0.2) is 30.3 Å². The fourth-order valence-corrected chi connectivity index (χ4v) is 3.08. The predicted octanol–water partition coefficient (Wildman–Crippen LogP) is 1.11. The Bertz CT molecular complexity index is 620. The van der Waals surface area contributed by atoms with Crippen LogP contribution in [0.5, 0.6) is 0 Å². The number of benzene rings is 1. The quantitative estimate of drug-likeness (QED) is 0.709. The van der Waals surface area contributed by atoms with E-state index in [0.717, 1.165) is 25.7 Å². The number of aliphatic hydroxyl groups is 1. The molecule has 1 fully saturated rings. The summed E-state index contributed by atoms with van der Waals surface area (Å²) in [5, 5.41) is 11.8.